The number of halogens is 1. The summed E-state index contributed by atoms with van der Waals surface area (Å²) in [6, 6.07) is 0. The zero-order valence-electron chi connectivity index (χ0n) is 13.2. The molecule has 0 aliphatic carbocycles. The number of rotatable bonds is 8. The van der Waals surface area contributed by atoms with Crippen LogP contribution in [0, 0.1) is 5.92 Å². The lowest BCUT2D eigenvalue weighted by Gasteiger charge is -2.21. The van der Waals surface area contributed by atoms with Crippen molar-refractivity contribution in [2.75, 3.05) is 53.0 Å². The maximum atomic E-state index is 5.29. The molecule has 1 aliphatic rings. The van der Waals surface area contributed by atoms with E-state index in [4.69, 9.17) is 4.74 Å². The van der Waals surface area contributed by atoms with Crippen molar-refractivity contribution < 1.29 is 4.74 Å². The minimum atomic E-state index is 0. The molecule has 1 fully saturated rings. The molecule has 1 heterocycles. The molecule has 1 rings (SSSR count). The quantitative estimate of drug-likeness (QED) is 0.282. The normalized spacial score (nSPS) is 17.6. The zero-order valence-corrected chi connectivity index (χ0v) is 15.5. The Bertz CT molecular complexity index is 258. The molecule has 1 atom stereocenters. The van der Waals surface area contributed by atoms with Gasteiger partial charge in [0.05, 0.1) is 6.61 Å². The van der Waals surface area contributed by atoms with Crippen molar-refractivity contribution in [1.82, 2.24) is 15.5 Å². The molecule has 120 valence electrons. The summed E-state index contributed by atoms with van der Waals surface area (Å²) >= 11 is 0. The molecule has 0 amide bonds. The summed E-state index contributed by atoms with van der Waals surface area (Å²) in [4.78, 5) is 6.77. The molecule has 0 radical (unpaired) electrons. The Morgan fingerprint density at radius 2 is 2.00 bits per heavy atom. The highest BCUT2D eigenvalue weighted by Crippen LogP contribution is 2.09. The van der Waals surface area contributed by atoms with E-state index in [-0.39, 0.29) is 24.0 Å². The van der Waals surface area contributed by atoms with Crippen LogP contribution in [0.1, 0.15) is 26.7 Å². The topological polar surface area (TPSA) is 48.9 Å². The van der Waals surface area contributed by atoms with Crippen LogP contribution < -0.4 is 10.6 Å². The van der Waals surface area contributed by atoms with Crippen molar-refractivity contribution in [2.24, 2.45) is 10.9 Å². The van der Waals surface area contributed by atoms with E-state index < -0.39 is 0 Å². The molecule has 20 heavy (non-hydrogen) atoms. The lowest BCUT2D eigenvalue weighted by Crippen LogP contribution is -2.42. The first-order valence-electron chi connectivity index (χ1n) is 7.50. The van der Waals surface area contributed by atoms with E-state index in [0.29, 0.717) is 5.92 Å². The lowest BCUT2D eigenvalue weighted by atomic mass is 10.1. The smallest absolute Gasteiger partial charge is 0.191 e. The summed E-state index contributed by atoms with van der Waals surface area (Å²) in [5, 5.41) is 6.63. The fraction of sp³-hybridized carbons (Fsp3) is 0.929. The second-order valence-electron chi connectivity index (χ2n) is 5.19. The van der Waals surface area contributed by atoms with Crippen LogP contribution in [0.3, 0.4) is 0 Å². The van der Waals surface area contributed by atoms with Crippen LogP contribution in [-0.2, 0) is 4.74 Å². The molecule has 5 nitrogen and oxygen atoms in total. The number of aliphatic imine (C=N–C) groups is 1. The molecule has 0 saturated carbocycles. The van der Waals surface area contributed by atoms with Crippen molar-refractivity contribution in [3.05, 3.63) is 0 Å². The van der Waals surface area contributed by atoms with Crippen LogP contribution in [0.5, 0.6) is 0 Å². The molecule has 2 N–H and O–H groups in total. The van der Waals surface area contributed by atoms with E-state index in [9.17, 15) is 0 Å². The second-order valence-corrected chi connectivity index (χ2v) is 5.19. The van der Waals surface area contributed by atoms with E-state index in [2.05, 4.69) is 27.4 Å². The van der Waals surface area contributed by atoms with Crippen LogP contribution >= 0.6 is 24.0 Å². The largest absolute Gasteiger partial charge is 0.380 e. The molecule has 1 saturated heterocycles. The third-order valence-corrected chi connectivity index (χ3v) is 3.35. The Morgan fingerprint density at radius 1 is 1.30 bits per heavy atom. The van der Waals surface area contributed by atoms with Gasteiger partial charge in [0.15, 0.2) is 5.96 Å². The van der Waals surface area contributed by atoms with Gasteiger partial charge in [-0.2, -0.15) is 0 Å². The first-order valence-corrected chi connectivity index (χ1v) is 7.50. The summed E-state index contributed by atoms with van der Waals surface area (Å²) in [6.07, 6.45) is 2.72. The fourth-order valence-corrected chi connectivity index (χ4v) is 2.35. The number of nitrogens with one attached hydrogen (secondary N) is 2. The van der Waals surface area contributed by atoms with E-state index in [0.717, 1.165) is 32.3 Å². The maximum absolute atomic E-state index is 5.29. The van der Waals surface area contributed by atoms with E-state index in [1.807, 2.05) is 6.92 Å². The van der Waals surface area contributed by atoms with Crippen LogP contribution in [0.4, 0.5) is 0 Å². The number of ether oxygens (including phenoxy) is 1. The average molecular weight is 398 g/mol. The van der Waals surface area contributed by atoms with Crippen LogP contribution in [0.25, 0.3) is 0 Å². The second kappa shape index (κ2) is 12.6. The number of hydrogen-bond donors (Lipinski definition) is 2. The summed E-state index contributed by atoms with van der Waals surface area (Å²) in [5.41, 5.74) is 0. The minimum absolute atomic E-state index is 0. The Hall–Kier alpha value is -0.0800. The van der Waals surface area contributed by atoms with E-state index >= 15 is 0 Å². The molecule has 0 spiro atoms. The molecular weight excluding hydrogens is 367 g/mol. The van der Waals surface area contributed by atoms with Crippen molar-refractivity contribution in [3.63, 3.8) is 0 Å². The predicted molar refractivity (Wildman–Crippen MR) is 96.1 cm³/mol. The Labute approximate surface area is 140 Å². The zero-order chi connectivity index (χ0) is 13.9. The summed E-state index contributed by atoms with van der Waals surface area (Å²) in [5.74, 6) is 1.51. The molecule has 0 aromatic heterocycles. The fourth-order valence-electron chi connectivity index (χ4n) is 2.35. The predicted octanol–water partition coefficient (Wildman–Crippen LogP) is 1.54. The number of hydrogen-bond acceptors (Lipinski definition) is 3. The van der Waals surface area contributed by atoms with Gasteiger partial charge in [-0.05, 0) is 38.8 Å². The van der Waals surface area contributed by atoms with Crippen LogP contribution in [-0.4, -0.2) is 63.8 Å². The highest BCUT2D eigenvalue weighted by Gasteiger charge is 2.14. The number of nitrogens with zero attached hydrogens (tertiary/aromatic N) is 2. The van der Waals surface area contributed by atoms with Crippen LogP contribution in [0.15, 0.2) is 4.99 Å². The molecule has 1 unspecified atom stereocenters. The average Bonchev–Trinajstić information content (AvgIpc) is 2.91. The molecule has 6 heteroatoms. The maximum Gasteiger partial charge on any atom is 0.191 e. The third kappa shape index (κ3) is 8.97. The van der Waals surface area contributed by atoms with Gasteiger partial charge >= 0.3 is 0 Å². The van der Waals surface area contributed by atoms with E-state index in [1.54, 1.807) is 7.05 Å². The Kier molecular flexibility index (Phi) is 12.6. The third-order valence-electron chi connectivity index (χ3n) is 3.35. The van der Waals surface area contributed by atoms with Crippen LogP contribution in [0.2, 0.25) is 0 Å². The summed E-state index contributed by atoms with van der Waals surface area (Å²) in [7, 11) is 1.81. The van der Waals surface area contributed by atoms with Gasteiger partial charge in [0.1, 0.15) is 0 Å². The molecule has 1 aliphatic heterocycles. The van der Waals surface area contributed by atoms with Gasteiger partial charge in [-0.15, -0.1) is 24.0 Å². The number of likely N-dealkylation sites (tertiary alicyclic amines) is 1. The highest BCUT2D eigenvalue weighted by molar-refractivity contribution is 14.0. The van der Waals surface area contributed by atoms with Crippen molar-refractivity contribution in [3.8, 4) is 0 Å². The number of guanidine groups is 1. The summed E-state index contributed by atoms with van der Waals surface area (Å²) < 4.78 is 5.29. The van der Waals surface area contributed by atoms with Gasteiger partial charge in [-0.1, -0.05) is 6.92 Å². The van der Waals surface area contributed by atoms with Gasteiger partial charge in [0.25, 0.3) is 0 Å². The minimum Gasteiger partial charge on any atom is -0.380 e. The molecule has 0 aromatic rings. The van der Waals surface area contributed by atoms with Gasteiger partial charge in [0, 0.05) is 33.3 Å². The SMILES string of the molecule is CCOCCNC(=NC)NCC(C)CN1CCCC1.I. The summed E-state index contributed by atoms with van der Waals surface area (Å²) in [6.45, 7) is 11.3. The van der Waals surface area contributed by atoms with Gasteiger partial charge in [-0.3, -0.25) is 4.99 Å². The van der Waals surface area contributed by atoms with Crippen molar-refractivity contribution in [1.29, 1.82) is 0 Å². The van der Waals surface area contributed by atoms with Crippen molar-refractivity contribution >= 4 is 29.9 Å². The first kappa shape index (κ1) is 19.9. The Balaban J connectivity index is 0.00000361. The Morgan fingerprint density at radius 3 is 2.60 bits per heavy atom. The van der Waals surface area contributed by atoms with Gasteiger partial charge in [0.2, 0.25) is 0 Å². The lowest BCUT2D eigenvalue weighted by molar-refractivity contribution is 0.152. The van der Waals surface area contributed by atoms with Gasteiger partial charge in [-0.25, -0.2) is 0 Å². The first-order chi connectivity index (χ1) is 9.26. The molecule has 0 bridgehead atoms. The standard InChI is InChI=1S/C14H30N4O.HI/c1-4-19-10-7-16-14(15-3)17-11-13(2)12-18-8-5-6-9-18;/h13H,4-12H2,1-3H3,(H2,15,16,17);1H. The molecular formula is C14H31IN4O. The molecule has 0 aromatic carbocycles. The van der Waals surface area contributed by atoms with Gasteiger partial charge < -0.3 is 20.3 Å². The van der Waals surface area contributed by atoms with E-state index in [1.165, 1.54) is 32.5 Å². The highest BCUT2D eigenvalue weighted by atomic mass is 127. The monoisotopic (exact) mass is 398 g/mol. The van der Waals surface area contributed by atoms with Crippen molar-refractivity contribution in [2.45, 2.75) is 26.7 Å².